The highest BCUT2D eigenvalue weighted by Gasteiger charge is 2.41. The van der Waals surface area contributed by atoms with Crippen LogP contribution in [0.3, 0.4) is 0 Å². The first-order valence-corrected chi connectivity index (χ1v) is 7.07. The Morgan fingerprint density at radius 3 is 2.65 bits per heavy atom. The third-order valence-electron chi connectivity index (χ3n) is 4.37. The molecule has 7 heteroatoms. The van der Waals surface area contributed by atoms with Crippen molar-refractivity contribution in [1.82, 2.24) is 10.2 Å². The van der Waals surface area contributed by atoms with Crippen LogP contribution in [0.4, 0.5) is 0 Å². The lowest BCUT2D eigenvalue weighted by atomic mass is 9.85. The van der Waals surface area contributed by atoms with Crippen LogP contribution in [0.25, 0.3) is 0 Å². The van der Waals surface area contributed by atoms with E-state index in [0.29, 0.717) is 19.4 Å². The number of carbonyl (C=O) groups is 1. The summed E-state index contributed by atoms with van der Waals surface area (Å²) in [5, 5.41) is 15.2. The second-order valence-electron chi connectivity index (χ2n) is 5.94. The van der Waals surface area contributed by atoms with Crippen molar-refractivity contribution in [2.75, 3.05) is 26.7 Å². The Bertz CT molecular complexity index is 391. The van der Waals surface area contributed by atoms with E-state index >= 15 is 0 Å². The minimum atomic E-state index is -0.732. The lowest BCUT2D eigenvalue weighted by Crippen LogP contribution is -2.62. The highest BCUT2D eigenvalue weighted by molar-refractivity contribution is 5.94. The molecule has 1 amide bonds. The second-order valence-corrected chi connectivity index (χ2v) is 5.94. The molecule has 0 aliphatic carbocycles. The van der Waals surface area contributed by atoms with E-state index in [9.17, 15) is 4.79 Å². The monoisotopic (exact) mass is 284 g/mol. The number of amides is 1. The Labute approximate surface area is 119 Å². The molecule has 2 heterocycles. The molecule has 2 unspecified atom stereocenters. The molecule has 20 heavy (non-hydrogen) atoms. The van der Waals surface area contributed by atoms with Crippen LogP contribution in [0.15, 0.2) is 5.16 Å². The van der Waals surface area contributed by atoms with Gasteiger partial charge in [0.1, 0.15) is 5.54 Å². The Balaban J connectivity index is 2.06. The average Bonchev–Trinajstić information content (AvgIpc) is 2.87. The Morgan fingerprint density at radius 2 is 2.15 bits per heavy atom. The van der Waals surface area contributed by atoms with Crippen LogP contribution in [-0.4, -0.2) is 60.2 Å². The predicted molar refractivity (Wildman–Crippen MR) is 74.5 cm³/mol. The minimum absolute atomic E-state index is 0.0643. The third-order valence-corrected chi connectivity index (χ3v) is 4.37. The zero-order valence-corrected chi connectivity index (χ0v) is 12.1. The molecule has 4 N–H and O–H groups in total. The summed E-state index contributed by atoms with van der Waals surface area (Å²) >= 11 is 0. The second kappa shape index (κ2) is 5.97. The molecule has 2 fully saturated rings. The first-order chi connectivity index (χ1) is 9.47. The standard InChI is InChI=1S/C13H24N4O3/c1-9-7-10(8-20-9)11(18)15-13(12(14)16-19)3-5-17(2)6-4-13/h9-10,19H,3-8H2,1-2H3,(H2,14,16)(H,15,18). The summed E-state index contributed by atoms with van der Waals surface area (Å²) in [6, 6.07) is 0. The van der Waals surface area contributed by atoms with Crippen LogP contribution in [0, 0.1) is 5.92 Å². The van der Waals surface area contributed by atoms with Gasteiger partial charge in [-0.15, -0.1) is 0 Å². The van der Waals surface area contributed by atoms with Crippen LogP contribution in [0.5, 0.6) is 0 Å². The van der Waals surface area contributed by atoms with E-state index < -0.39 is 5.54 Å². The van der Waals surface area contributed by atoms with Crippen molar-refractivity contribution in [1.29, 1.82) is 0 Å². The summed E-state index contributed by atoms with van der Waals surface area (Å²) in [5.41, 5.74) is 5.11. The molecule has 2 atom stereocenters. The van der Waals surface area contributed by atoms with E-state index in [-0.39, 0.29) is 23.8 Å². The molecule has 2 aliphatic heterocycles. The topological polar surface area (TPSA) is 100 Å². The molecule has 0 aromatic carbocycles. The number of hydrogen-bond acceptors (Lipinski definition) is 5. The number of nitrogens with zero attached hydrogens (tertiary/aromatic N) is 2. The summed E-state index contributed by atoms with van der Waals surface area (Å²) in [5.74, 6) is -0.121. The fourth-order valence-corrected chi connectivity index (χ4v) is 2.88. The lowest BCUT2D eigenvalue weighted by Gasteiger charge is -2.40. The van der Waals surface area contributed by atoms with Crippen LogP contribution in [-0.2, 0) is 9.53 Å². The number of rotatable bonds is 3. The molecular weight excluding hydrogens is 260 g/mol. The molecule has 0 radical (unpaired) electrons. The maximum atomic E-state index is 12.4. The van der Waals surface area contributed by atoms with Crippen LogP contribution in [0.2, 0.25) is 0 Å². The highest BCUT2D eigenvalue weighted by atomic mass is 16.5. The predicted octanol–water partition coefficient (Wildman–Crippen LogP) is -0.262. The molecule has 2 saturated heterocycles. The molecular formula is C13H24N4O3. The summed E-state index contributed by atoms with van der Waals surface area (Å²) in [6.45, 7) is 4.00. The molecule has 2 aliphatic rings. The number of hydrogen-bond donors (Lipinski definition) is 3. The SMILES string of the molecule is CC1CC(C(=O)NC2(C(N)=NO)CCN(C)CC2)CO1. The van der Waals surface area contributed by atoms with Crippen LogP contribution >= 0.6 is 0 Å². The molecule has 114 valence electrons. The number of carbonyl (C=O) groups excluding carboxylic acids is 1. The number of likely N-dealkylation sites (tertiary alicyclic amines) is 1. The van der Waals surface area contributed by atoms with Gasteiger partial charge in [-0.1, -0.05) is 5.16 Å². The van der Waals surface area contributed by atoms with Gasteiger partial charge in [0, 0.05) is 13.1 Å². The first-order valence-electron chi connectivity index (χ1n) is 7.07. The fraction of sp³-hybridized carbons (Fsp3) is 0.846. The van der Waals surface area contributed by atoms with Gasteiger partial charge in [-0.05, 0) is 33.2 Å². The van der Waals surface area contributed by atoms with Crippen molar-refractivity contribution >= 4 is 11.7 Å². The number of ether oxygens (including phenoxy) is 1. The van der Waals surface area contributed by atoms with Crippen molar-refractivity contribution < 1.29 is 14.7 Å². The number of amidine groups is 1. The zero-order valence-electron chi connectivity index (χ0n) is 12.1. The third kappa shape index (κ3) is 3.04. The smallest absolute Gasteiger partial charge is 0.226 e. The van der Waals surface area contributed by atoms with Crippen molar-refractivity contribution in [2.45, 2.75) is 37.8 Å². The van der Waals surface area contributed by atoms with Gasteiger partial charge in [0.25, 0.3) is 0 Å². The quantitative estimate of drug-likeness (QED) is 0.287. The van der Waals surface area contributed by atoms with Gasteiger partial charge in [-0.2, -0.15) is 0 Å². The maximum absolute atomic E-state index is 12.4. The zero-order chi connectivity index (χ0) is 14.8. The average molecular weight is 284 g/mol. The Morgan fingerprint density at radius 1 is 1.50 bits per heavy atom. The van der Waals surface area contributed by atoms with E-state index in [1.54, 1.807) is 0 Å². The molecule has 2 rings (SSSR count). The van der Waals surface area contributed by atoms with Gasteiger partial charge in [0.05, 0.1) is 18.6 Å². The van der Waals surface area contributed by atoms with Gasteiger partial charge in [-0.3, -0.25) is 4.79 Å². The summed E-state index contributed by atoms with van der Waals surface area (Å²) in [6.07, 6.45) is 2.13. The van der Waals surface area contributed by atoms with E-state index in [1.165, 1.54) is 0 Å². The molecule has 0 bridgehead atoms. The minimum Gasteiger partial charge on any atom is -0.409 e. The normalized spacial score (nSPS) is 31.2. The largest absolute Gasteiger partial charge is 0.409 e. The molecule has 0 spiro atoms. The molecule has 0 aromatic rings. The Kier molecular flexibility index (Phi) is 4.49. The fourth-order valence-electron chi connectivity index (χ4n) is 2.88. The molecule has 0 aromatic heterocycles. The number of nitrogens with one attached hydrogen (secondary N) is 1. The van der Waals surface area contributed by atoms with E-state index in [1.807, 2.05) is 14.0 Å². The van der Waals surface area contributed by atoms with Gasteiger partial charge in [-0.25, -0.2) is 0 Å². The van der Waals surface area contributed by atoms with Gasteiger partial charge in [0.2, 0.25) is 5.91 Å². The highest BCUT2D eigenvalue weighted by Crippen LogP contribution is 2.25. The number of oxime groups is 1. The summed E-state index contributed by atoms with van der Waals surface area (Å²) < 4.78 is 5.43. The van der Waals surface area contributed by atoms with E-state index in [0.717, 1.165) is 19.5 Å². The van der Waals surface area contributed by atoms with E-state index in [2.05, 4.69) is 15.4 Å². The van der Waals surface area contributed by atoms with Crippen LogP contribution in [0.1, 0.15) is 26.2 Å². The summed E-state index contributed by atoms with van der Waals surface area (Å²) in [4.78, 5) is 14.5. The van der Waals surface area contributed by atoms with Crippen molar-refractivity contribution in [3.8, 4) is 0 Å². The van der Waals surface area contributed by atoms with Crippen molar-refractivity contribution in [3.05, 3.63) is 0 Å². The van der Waals surface area contributed by atoms with E-state index in [4.69, 9.17) is 15.7 Å². The maximum Gasteiger partial charge on any atom is 0.226 e. The molecule has 0 saturated carbocycles. The van der Waals surface area contributed by atoms with Crippen molar-refractivity contribution in [3.63, 3.8) is 0 Å². The number of nitrogens with two attached hydrogens (primary N) is 1. The van der Waals surface area contributed by atoms with Crippen molar-refractivity contribution in [2.24, 2.45) is 16.8 Å². The van der Waals surface area contributed by atoms with Crippen LogP contribution < -0.4 is 11.1 Å². The van der Waals surface area contributed by atoms with Gasteiger partial charge >= 0.3 is 0 Å². The Hall–Kier alpha value is -1.34. The van der Waals surface area contributed by atoms with Gasteiger partial charge in [0.15, 0.2) is 5.84 Å². The molecule has 7 nitrogen and oxygen atoms in total. The lowest BCUT2D eigenvalue weighted by molar-refractivity contribution is -0.126. The number of piperidine rings is 1. The van der Waals surface area contributed by atoms with Gasteiger partial charge < -0.3 is 25.9 Å². The summed E-state index contributed by atoms with van der Waals surface area (Å²) in [7, 11) is 2.02. The first kappa shape index (κ1) is 15.1.